The van der Waals surface area contributed by atoms with Gasteiger partial charge in [0.2, 0.25) is 5.91 Å². The summed E-state index contributed by atoms with van der Waals surface area (Å²) in [6, 6.07) is 1.66. The van der Waals surface area contributed by atoms with Gasteiger partial charge in [0.25, 0.3) is 5.91 Å². The van der Waals surface area contributed by atoms with Gasteiger partial charge in [-0.3, -0.25) is 9.59 Å². The number of nitrogens with two attached hydrogens (primary N) is 1. The molecular weight excluding hydrogens is 328 g/mol. The lowest BCUT2D eigenvalue weighted by Crippen LogP contribution is -2.37. The van der Waals surface area contributed by atoms with E-state index in [1.165, 1.54) is 23.9 Å². The molecule has 2 N–H and O–H groups in total. The summed E-state index contributed by atoms with van der Waals surface area (Å²) in [5.74, 6) is 0.0511. The molecule has 0 aliphatic carbocycles. The predicted molar refractivity (Wildman–Crippen MR) is 90.7 cm³/mol. The summed E-state index contributed by atoms with van der Waals surface area (Å²) in [7, 11) is 0. The van der Waals surface area contributed by atoms with Crippen LogP contribution in [0.25, 0.3) is 0 Å². The average molecular weight is 348 g/mol. The fourth-order valence-corrected chi connectivity index (χ4v) is 3.37. The number of rotatable bonds is 4. The summed E-state index contributed by atoms with van der Waals surface area (Å²) in [5, 5.41) is 2.41. The lowest BCUT2D eigenvalue weighted by atomic mass is 10.2. The van der Waals surface area contributed by atoms with Crippen molar-refractivity contribution in [3.63, 3.8) is 0 Å². The molecule has 2 aromatic heterocycles. The Morgan fingerprint density at radius 3 is 2.75 bits per heavy atom. The van der Waals surface area contributed by atoms with E-state index in [0.717, 1.165) is 12.1 Å². The SMILES string of the molecule is Nc1nc(CCC(=O)N2CCCN(C(=O)c3ccoc3)CC2)cs1. The number of carbonyl (C=O) groups excluding carboxylic acids is 2. The van der Waals surface area contributed by atoms with Crippen molar-refractivity contribution in [2.45, 2.75) is 19.3 Å². The van der Waals surface area contributed by atoms with E-state index in [1.807, 2.05) is 10.3 Å². The Morgan fingerprint density at radius 2 is 2.04 bits per heavy atom. The van der Waals surface area contributed by atoms with Crippen LogP contribution in [0.15, 0.2) is 28.4 Å². The maximum absolute atomic E-state index is 12.4. The van der Waals surface area contributed by atoms with Gasteiger partial charge in [-0.2, -0.15) is 0 Å². The molecular formula is C16H20N4O3S. The van der Waals surface area contributed by atoms with E-state index in [-0.39, 0.29) is 11.8 Å². The number of anilines is 1. The van der Waals surface area contributed by atoms with Gasteiger partial charge in [-0.15, -0.1) is 11.3 Å². The van der Waals surface area contributed by atoms with Crippen LogP contribution in [0, 0.1) is 0 Å². The van der Waals surface area contributed by atoms with Crippen LogP contribution in [0.4, 0.5) is 5.13 Å². The molecule has 0 bridgehead atoms. The molecule has 1 aliphatic heterocycles. The van der Waals surface area contributed by atoms with Crippen LogP contribution in [0.3, 0.4) is 0 Å². The van der Waals surface area contributed by atoms with Gasteiger partial charge in [-0.1, -0.05) is 0 Å². The Balaban J connectivity index is 1.51. The Morgan fingerprint density at radius 1 is 1.25 bits per heavy atom. The monoisotopic (exact) mass is 348 g/mol. The molecule has 3 rings (SSSR count). The van der Waals surface area contributed by atoms with Gasteiger partial charge in [0.15, 0.2) is 5.13 Å². The maximum atomic E-state index is 12.4. The van der Waals surface area contributed by atoms with E-state index in [9.17, 15) is 9.59 Å². The van der Waals surface area contributed by atoms with Crippen molar-refractivity contribution in [1.29, 1.82) is 0 Å². The number of thiazole rings is 1. The smallest absolute Gasteiger partial charge is 0.257 e. The summed E-state index contributed by atoms with van der Waals surface area (Å²) >= 11 is 1.39. The third kappa shape index (κ3) is 3.94. The van der Waals surface area contributed by atoms with Gasteiger partial charge in [0, 0.05) is 38.0 Å². The van der Waals surface area contributed by atoms with Crippen LogP contribution in [-0.2, 0) is 11.2 Å². The Kier molecular flexibility index (Phi) is 5.14. The van der Waals surface area contributed by atoms with Crippen LogP contribution in [0.1, 0.15) is 28.9 Å². The van der Waals surface area contributed by atoms with Crippen LogP contribution in [0.2, 0.25) is 0 Å². The first kappa shape index (κ1) is 16.5. The highest BCUT2D eigenvalue weighted by atomic mass is 32.1. The molecule has 0 unspecified atom stereocenters. The molecule has 128 valence electrons. The quantitative estimate of drug-likeness (QED) is 0.906. The fourth-order valence-electron chi connectivity index (χ4n) is 2.77. The number of hydrogen-bond acceptors (Lipinski definition) is 6. The van der Waals surface area contributed by atoms with Crippen molar-refractivity contribution in [2.24, 2.45) is 0 Å². The van der Waals surface area contributed by atoms with E-state index < -0.39 is 0 Å². The largest absolute Gasteiger partial charge is 0.472 e. The number of aryl methyl sites for hydroxylation is 1. The molecule has 1 fully saturated rings. The topological polar surface area (TPSA) is 92.7 Å². The lowest BCUT2D eigenvalue weighted by molar-refractivity contribution is -0.131. The van der Waals surface area contributed by atoms with Crippen molar-refractivity contribution in [1.82, 2.24) is 14.8 Å². The third-order valence-electron chi connectivity index (χ3n) is 4.07. The van der Waals surface area contributed by atoms with Gasteiger partial charge in [0.1, 0.15) is 6.26 Å². The summed E-state index contributed by atoms with van der Waals surface area (Å²) in [6.07, 6.45) is 4.74. The summed E-state index contributed by atoms with van der Waals surface area (Å²) < 4.78 is 4.97. The molecule has 24 heavy (non-hydrogen) atoms. The minimum atomic E-state index is -0.0454. The molecule has 2 aromatic rings. The zero-order valence-electron chi connectivity index (χ0n) is 13.3. The van der Waals surface area contributed by atoms with Crippen molar-refractivity contribution in [3.05, 3.63) is 35.2 Å². The number of nitrogens with zero attached hydrogens (tertiary/aromatic N) is 3. The average Bonchev–Trinajstić information content (AvgIpc) is 3.18. The van der Waals surface area contributed by atoms with E-state index >= 15 is 0 Å². The highest BCUT2D eigenvalue weighted by Crippen LogP contribution is 2.14. The highest BCUT2D eigenvalue weighted by molar-refractivity contribution is 7.13. The molecule has 0 saturated carbocycles. The number of aromatic nitrogens is 1. The molecule has 0 spiro atoms. The second kappa shape index (κ2) is 7.48. The first-order chi connectivity index (χ1) is 11.6. The Labute approximate surface area is 144 Å². The Bertz CT molecular complexity index is 698. The van der Waals surface area contributed by atoms with E-state index in [1.54, 1.807) is 11.0 Å². The lowest BCUT2D eigenvalue weighted by Gasteiger charge is -2.21. The normalized spacial score (nSPS) is 15.3. The highest BCUT2D eigenvalue weighted by Gasteiger charge is 2.23. The first-order valence-electron chi connectivity index (χ1n) is 7.92. The number of carbonyl (C=O) groups is 2. The molecule has 0 radical (unpaired) electrons. The number of amides is 2. The number of furan rings is 1. The fraction of sp³-hybridized carbons (Fsp3) is 0.438. The third-order valence-corrected chi connectivity index (χ3v) is 4.79. The van der Waals surface area contributed by atoms with E-state index in [2.05, 4.69) is 4.98 Å². The number of hydrogen-bond donors (Lipinski definition) is 1. The van der Waals surface area contributed by atoms with Crippen molar-refractivity contribution in [3.8, 4) is 0 Å². The second-order valence-corrected chi connectivity index (χ2v) is 6.61. The molecule has 2 amide bonds. The molecule has 8 heteroatoms. The molecule has 1 saturated heterocycles. The second-order valence-electron chi connectivity index (χ2n) is 5.72. The van der Waals surface area contributed by atoms with Crippen molar-refractivity contribution >= 4 is 28.3 Å². The molecule has 0 atom stereocenters. The number of nitrogen functional groups attached to an aromatic ring is 1. The van der Waals surface area contributed by atoms with Crippen LogP contribution < -0.4 is 5.73 Å². The van der Waals surface area contributed by atoms with Crippen molar-refractivity contribution < 1.29 is 14.0 Å². The molecule has 7 nitrogen and oxygen atoms in total. The van der Waals surface area contributed by atoms with Gasteiger partial charge in [0.05, 0.1) is 17.5 Å². The van der Waals surface area contributed by atoms with Crippen LogP contribution in [0.5, 0.6) is 0 Å². The van der Waals surface area contributed by atoms with E-state index in [0.29, 0.717) is 49.7 Å². The minimum Gasteiger partial charge on any atom is -0.472 e. The Hall–Kier alpha value is -2.35. The van der Waals surface area contributed by atoms with Gasteiger partial charge >= 0.3 is 0 Å². The van der Waals surface area contributed by atoms with Gasteiger partial charge < -0.3 is 20.0 Å². The molecule has 1 aliphatic rings. The first-order valence-corrected chi connectivity index (χ1v) is 8.80. The molecule has 0 aromatic carbocycles. The summed E-state index contributed by atoms with van der Waals surface area (Å²) in [6.45, 7) is 2.42. The standard InChI is InChI=1S/C16H20N4O3S/c17-16-18-13(11-24-16)2-3-14(21)19-5-1-6-20(8-7-19)15(22)12-4-9-23-10-12/h4,9-11H,1-3,5-8H2,(H2,17,18). The van der Waals surface area contributed by atoms with E-state index in [4.69, 9.17) is 10.2 Å². The zero-order valence-corrected chi connectivity index (χ0v) is 14.1. The van der Waals surface area contributed by atoms with Crippen LogP contribution in [-0.4, -0.2) is 52.8 Å². The maximum Gasteiger partial charge on any atom is 0.257 e. The summed E-state index contributed by atoms with van der Waals surface area (Å²) in [5.41, 5.74) is 7.01. The zero-order chi connectivity index (χ0) is 16.9. The van der Waals surface area contributed by atoms with Crippen molar-refractivity contribution in [2.75, 3.05) is 31.9 Å². The van der Waals surface area contributed by atoms with Crippen LogP contribution >= 0.6 is 11.3 Å². The minimum absolute atomic E-state index is 0.0454. The summed E-state index contributed by atoms with van der Waals surface area (Å²) in [4.78, 5) is 32.5. The van der Waals surface area contributed by atoms with Gasteiger partial charge in [-0.25, -0.2) is 4.98 Å². The van der Waals surface area contributed by atoms with Gasteiger partial charge in [-0.05, 0) is 18.9 Å². The molecule has 3 heterocycles. The predicted octanol–water partition coefficient (Wildman–Crippen LogP) is 1.63.